The summed E-state index contributed by atoms with van der Waals surface area (Å²) in [4.78, 5) is 14.9. The highest BCUT2D eigenvalue weighted by Gasteiger charge is 2.20. The van der Waals surface area contributed by atoms with Crippen molar-refractivity contribution in [2.24, 2.45) is 0 Å². The fourth-order valence-electron chi connectivity index (χ4n) is 4.36. The number of fused-ring (bicyclic) bond motifs is 1. The number of anilines is 2. The maximum atomic E-state index is 6.30. The molecule has 2 aromatic carbocycles. The predicted molar refractivity (Wildman–Crippen MR) is 147 cm³/mol. The van der Waals surface area contributed by atoms with Crippen molar-refractivity contribution in [1.29, 1.82) is 0 Å². The first kappa shape index (κ1) is 24.6. The molecule has 2 N–H and O–H groups in total. The van der Waals surface area contributed by atoms with Crippen LogP contribution >= 0.6 is 0 Å². The zero-order valence-corrected chi connectivity index (χ0v) is 21.9. The summed E-state index contributed by atoms with van der Waals surface area (Å²) in [6.07, 6.45) is 3.44. The molecule has 0 saturated carbocycles. The average molecular weight is 496 g/mol. The minimum Gasteiger partial charge on any atom is -0.468 e. The number of rotatable bonds is 8. The third kappa shape index (κ3) is 5.52. The minimum atomic E-state index is -0.0570. The van der Waals surface area contributed by atoms with Crippen molar-refractivity contribution in [2.75, 3.05) is 12.4 Å². The van der Waals surface area contributed by atoms with E-state index in [-0.39, 0.29) is 11.5 Å². The lowest BCUT2D eigenvalue weighted by atomic mass is 9.86. The van der Waals surface area contributed by atoms with E-state index in [4.69, 9.17) is 14.1 Å². The summed E-state index contributed by atoms with van der Waals surface area (Å²) < 4.78 is 11.8. The van der Waals surface area contributed by atoms with Crippen LogP contribution in [-0.4, -0.2) is 26.9 Å². The number of aromatic nitrogens is 3. The van der Waals surface area contributed by atoms with Crippen LogP contribution in [0.15, 0.2) is 83.6 Å². The van der Waals surface area contributed by atoms with Gasteiger partial charge in [0.05, 0.1) is 23.8 Å². The van der Waals surface area contributed by atoms with E-state index in [0.29, 0.717) is 11.8 Å². The van der Waals surface area contributed by atoms with Crippen LogP contribution in [0.4, 0.5) is 11.6 Å². The molecule has 0 aliphatic heterocycles. The van der Waals surface area contributed by atoms with Gasteiger partial charge in [-0.3, -0.25) is 4.90 Å². The van der Waals surface area contributed by atoms with Gasteiger partial charge in [0.2, 0.25) is 11.8 Å². The first-order valence-corrected chi connectivity index (χ1v) is 12.5. The summed E-state index contributed by atoms with van der Waals surface area (Å²) in [6.45, 7) is 9.44. The number of hydrogen-bond donors (Lipinski definition) is 2. The van der Waals surface area contributed by atoms with Gasteiger partial charge in [-0.2, -0.15) is 0 Å². The number of imidazole rings is 1. The Labute approximate surface area is 217 Å². The molecule has 0 aliphatic carbocycles. The Morgan fingerprint density at radius 2 is 1.89 bits per heavy atom. The lowest BCUT2D eigenvalue weighted by Gasteiger charge is -2.24. The van der Waals surface area contributed by atoms with E-state index in [0.717, 1.165) is 40.3 Å². The van der Waals surface area contributed by atoms with E-state index in [1.807, 2.05) is 48.5 Å². The molecule has 7 nitrogen and oxygen atoms in total. The van der Waals surface area contributed by atoms with E-state index in [1.54, 1.807) is 12.5 Å². The largest absolute Gasteiger partial charge is 0.468 e. The summed E-state index contributed by atoms with van der Waals surface area (Å²) in [5.74, 6) is 2.86. The third-order valence-electron chi connectivity index (χ3n) is 6.56. The van der Waals surface area contributed by atoms with Crippen LogP contribution in [-0.2, 0) is 12.0 Å². The summed E-state index contributed by atoms with van der Waals surface area (Å²) in [6, 6.07) is 22.3. The van der Waals surface area contributed by atoms with E-state index in [2.05, 4.69) is 73.1 Å². The Hall–Kier alpha value is -4.10. The fraction of sp³-hybridized carbons (Fsp3) is 0.267. The Morgan fingerprint density at radius 1 is 1.05 bits per heavy atom. The Balaban J connectivity index is 1.36. The van der Waals surface area contributed by atoms with Crippen LogP contribution in [0, 0.1) is 0 Å². The molecule has 0 fully saturated rings. The Kier molecular flexibility index (Phi) is 6.72. The van der Waals surface area contributed by atoms with Gasteiger partial charge in [0.15, 0.2) is 0 Å². The van der Waals surface area contributed by atoms with E-state index in [9.17, 15) is 0 Å². The van der Waals surface area contributed by atoms with Gasteiger partial charge in [0.1, 0.15) is 17.2 Å². The van der Waals surface area contributed by atoms with Crippen molar-refractivity contribution in [3.8, 4) is 11.6 Å². The quantitative estimate of drug-likeness (QED) is 0.231. The maximum Gasteiger partial charge on any atom is 0.243 e. The van der Waals surface area contributed by atoms with Crippen LogP contribution in [0.3, 0.4) is 0 Å². The van der Waals surface area contributed by atoms with Crippen molar-refractivity contribution in [2.45, 2.75) is 45.7 Å². The van der Waals surface area contributed by atoms with Crippen molar-refractivity contribution in [1.82, 2.24) is 19.9 Å². The molecule has 5 rings (SSSR count). The number of hydrogen-bond acceptors (Lipinski definition) is 6. The number of H-pyrrole nitrogens is 1. The molecule has 3 heterocycles. The van der Waals surface area contributed by atoms with Gasteiger partial charge in [0, 0.05) is 17.8 Å². The zero-order chi connectivity index (χ0) is 26.0. The van der Waals surface area contributed by atoms with Crippen LogP contribution in [0.1, 0.15) is 50.6 Å². The van der Waals surface area contributed by atoms with Crippen LogP contribution in [0.25, 0.3) is 11.0 Å². The number of nitrogens with one attached hydrogen (secondary N) is 2. The molecule has 3 aromatic heterocycles. The second kappa shape index (κ2) is 10.1. The van der Waals surface area contributed by atoms with Gasteiger partial charge < -0.3 is 19.5 Å². The molecular formula is C30H33N5O2. The zero-order valence-electron chi connectivity index (χ0n) is 21.9. The van der Waals surface area contributed by atoms with Crippen LogP contribution < -0.4 is 10.1 Å². The highest BCUT2D eigenvalue weighted by Crippen LogP contribution is 2.36. The van der Waals surface area contributed by atoms with Crippen molar-refractivity contribution >= 4 is 22.7 Å². The summed E-state index contributed by atoms with van der Waals surface area (Å²) >= 11 is 0. The maximum absolute atomic E-state index is 6.30. The topological polar surface area (TPSA) is 79.2 Å². The normalized spacial score (nSPS) is 12.7. The van der Waals surface area contributed by atoms with Crippen LogP contribution in [0.2, 0.25) is 0 Å². The fourth-order valence-corrected chi connectivity index (χ4v) is 4.36. The number of ether oxygens (including phenoxy) is 1. The molecule has 0 radical (unpaired) electrons. The second-order valence-corrected chi connectivity index (χ2v) is 10.4. The average Bonchev–Trinajstić information content (AvgIpc) is 3.53. The SMILES string of the molecule is CC(c1ccc2nc(Nc3cccnc3Oc3ccccc3C(C)(C)C)[nH]c2c1)N(C)Cc1ccco1. The van der Waals surface area contributed by atoms with Crippen molar-refractivity contribution in [3.63, 3.8) is 0 Å². The first-order valence-electron chi connectivity index (χ1n) is 12.5. The van der Waals surface area contributed by atoms with Gasteiger partial charge >= 0.3 is 0 Å². The van der Waals surface area contributed by atoms with Crippen molar-refractivity contribution < 1.29 is 9.15 Å². The molecule has 1 unspecified atom stereocenters. The molecule has 37 heavy (non-hydrogen) atoms. The molecule has 190 valence electrons. The minimum absolute atomic E-state index is 0.0570. The Bertz CT molecular complexity index is 1480. The standard InChI is InChI=1S/C30H33N5O2/c1-20(35(5)19-22-10-9-17-36-22)21-14-15-24-26(18-21)34-29(32-24)33-25-12-8-16-31-28(25)37-27-13-7-6-11-23(27)30(2,3)4/h6-18,20H,19H2,1-5H3,(H2,32,33,34). The molecular weight excluding hydrogens is 462 g/mol. The molecule has 7 heteroatoms. The highest BCUT2D eigenvalue weighted by molar-refractivity contribution is 5.79. The second-order valence-electron chi connectivity index (χ2n) is 10.4. The van der Waals surface area contributed by atoms with E-state index < -0.39 is 0 Å². The molecule has 0 spiro atoms. The summed E-state index contributed by atoms with van der Waals surface area (Å²) in [5.41, 5.74) is 4.84. The first-order chi connectivity index (χ1) is 17.8. The number of para-hydroxylation sites is 1. The van der Waals surface area contributed by atoms with Gasteiger partial charge in [-0.1, -0.05) is 45.0 Å². The molecule has 0 aliphatic rings. The number of aromatic amines is 1. The van der Waals surface area contributed by atoms with Crippen LogP contribution in [0.5, 0.6) is 11.6 Å². The van der Waals surface area contributed by atoms with Crippen molar-refractivity contribution in [3.05, 3.63) is 96.1 Å². The molecule has 1 atom stereocenters. The van der Waals surface area contributed by atoms with E-state index in [1.165, 1.54) is 5.56 Å². The lowest BCUT2D eigenvalue weighted by Crippen LogP contribution is -2.21. The number of nitrogens with zero attached hydrogens (tertiary/aromatic N) is 3. The monoisotopic (exact) mass is 495 g/mol. The summed E-state index contributed by atoms with van der Waals surface area (Å²) in [7, 11) is 2.10. The van der Waals surface area contributed by atoms with Gasteiger partial charge in [0.25, 0.3) is 0 Å². The lowest BCUT2D eigenvalue weighted by molar-refractivity contribution is 0.232. The number of pyridine rings is 1. The summed E-state index contributed by atoms with van der Waals surface area (Å²) in [5, 5.41) is 3.36. The van der Waals surface area contributed by atoms with E-state index >= 15 is 0 Å². The molecule has 0 bridgehead atoms. The molecule has 0 amide bonds. The smallest absolute Gasteiger partial charge is 0.243 e. The van der Waals surface area contributed by atoms with Gasteiger partial charge in [-0.15, -0.1) is 0 Å². The molecule has 0 saturated heterocycles. The Morgan fingerprint density at radius 3 is 2.68 bits per heavy atom. The highest BCUT2D eigenvalue weighted by atomic mass is 16.5. The predicted octanol–water partition coefficient (Wildman–Crippen LogP) is 7.58. The molecule has 5 aromatic rings. The van der Waals surface area contributed by atoms with Gasteiger partial charge in [-0.05, 0) is 67.4 Å². The number of furan rings is 1. The number of benzene rings is 2. The van der Waals surface area contributed by atoms with Gasteiger partial charge in [-0.25, -0.2) is 9.97 Å². The third-order valence-corrected chi connectivity index (χ3v) is 6.56.